The molecule has 5 rings (SSSR count). The average molecular weight is 661 g/mol. The van der Waals surface area contributed by atoms with E-state index in [-0.39, 0.29) is 17.8 Å². The lowest BCUT2D eigenvalue weighted by atomic mass is 9.90. The van der Waals surface area contributed by atoms with Crippen LogP contribution >= 0.6 is 0 Å². The predicted octanol–water partition coefficient (Wildman–Crippen LogP) is 1.96. The van der Waals surface area contributed by atoms with Gasteiger partial charge in [-0.2, -0.15) is 13.3 Å². The van der Waals surface area contributed by atoms with Crippen molar-refractivity contribution in [1.29, 1.82) is 0 Å². The van der Waals surface area contributed by atoms with Crippen LogP contribution in [-0.2, 0) is 37.9 Å². The molecule has 45 heavy (non-hydrogen) atoms. The fourth-order valence-electron chi connectivity index (χ4n) is 5.73. The number of carbonyl (C=O) groups is 1. The number of aromatic nitrogens is 1. The molecule has 1 saturated carbocycles. The highest BCUT2D eigenvalue weighted by Crippen LogP contribution is 2.34. The van der Waals surface area contributed by atoms with Gasteiger partial charge in [0.25, 0.3) is 31.4 Å². The number of nitrogens with one attached hydrogen (secondary N) is 1. The molecule has 1 aromatic heterocycles. The number of hydrogen-bond donors (Lipinski definition) is 1. The zero-order chi connectivity index (χ0) is 32.5. The van der Waals surface area contributed by atoms with Gasteiger partial charge in [-0.25, -0.2) is 16.8 Å². The summed E-state index contributed by atoms with van der Waals surface area (Å²) in [6, 6.07) is 11.7. The van der Waals surface area contributed by atoms with Crippen LogP contribution in [-0.4, -0.2) is 59.8 Å². The molecule has 1 amide bonds. The van der Waals surface area contributed by atoms with Gasteiger partial charge in [-0.1, -0.05) is 37.1 Å². The highest BCUT2D eigenvalue weighted by Gasteiger charge is 2.43. The Bertz CT molecular complexity index is 1890. The molecule has 0 radical (unpaired) electrons. The number of amides is 1. The molecule has 1 N–H and O–H groups in total. The van der Waals surface area contributed by atoms with Crippen molar-refractivity contribution in [3.05, 3.63) is 104 Å². The lowest BCUT2D eigenvalue weighted by molar-refractivity contribution is -0.624. The first kappa shape index (κ1) is 31.9. The van der Waals surface area contributed by atoms with Crippen LogP contribution in [0.3, 0.4) is 0 Å². The number of nitro benzene ring substituents is 2. The summed E-state index contributed by atoms with van der Waals surface area (Å²) >= 11 is 0. The van der Waals surface area contributed by atoms with Gasteiger partial charge in [0.05, 0.1) is 16.4 Å². The largest absolute Gasteiger partial charge is 0.618 e. The minimum atomic E-state index is -4.71. The lowest BCUT2D eigenvalue weighted by Gasteiger charge is -2.39. The molecule has 0 saturated heterocycles. The number of para-hydroxylation sites is 2. The Kier molecular flexibility index (Phi) is 8.83. The first-order chi connectivity index (χ1) is 21.3. The number of pyridine rings is 1. The van der Waals surface area contributed by atoms with Gasteiger partial charge in [0, 0.05) is 36.3 Å². The van der Waals surface area contributed by atoms with E-state index in [1.165, 1.54) is 42.5 Å². The van der Waals surface area contributed by atoms with Gasteiger partial charge >= 0.3 is 0 Å². The van der Waals surface area contributed by atoms with E-state index in [1.54, 1.807) is 0 Å². The first-order valence-electron chi connectivity index (χ1n) is 13.8. The van der Waals surface area contributed by atoms with Gasteiger partial charge in [0.15, 0.2) is 9.79 Å². The third kappa shape index (κ3) is 6.21. The van der Waals surface area contributed by atoms with Gasteiger partial charge in [-0.3, -0.25) is 25.0 Å². The van der Waals surface area contributed by atoms with Crippen molar-refractivity contribution in [3.8, 4) is 0 Å². The smallest absolute Gasteiger partial charge is 0.289 e. The van der Waals surface area contributed by atoms with Crippen LogP contribution < -0.4 is 10.0 Å². The SMILES string of the molecule is O=C1CN(S(=O)(=O)c2ccccc2[N+](=O)[O-])Cc2cccc([n+]2[O-])CN(S(=O)(=O)c2ccccc2[N+](=O)[O-])[C@@H]2CCCC[C@H]2N1. The average Bonchev–Trinajstić information content (AvgIpc) is 3.01. The van der Waals surface area contributed by atoms with Gasteiger partial charge in [0.2, 0.25) is 17.3 Å². The Balaban J connectivity index is 1.65. The van der Waals surface area contributed by atoms with E-state index in [9.17, 15) is 47.1 Å². The summed E-state index contributed by atoms with van der Waals surface area (Å²) in [5.74, 6) is -0.828. The van der Waals surface area contributed by atoms with Crippen molar-refractivity contribution in [2.75, 3.05) is 6.54 Å². The second-order valence-corrected chi connectivity index (χ2v) is 14.4. The molecular weight excluding hydrogens is 632 g/mol. The number of nitrogens with zero attached hydrogens (tertiary/aromatic N) is 5. The third-order valence-electron chi connectivity index (χ3n) is 7.85. The summed E-state index contributed by atoms with van der Waals surface area (Å²) < 4.78 is 57.9. The maximum atomic E-state index is 14.2. The van der Waals surface area contributed by atoms with Crippen molar-refractivity contribution in [2.24, 2.45) is 0 Å². The fraction of sp³-hybridized carbons (Fsp3) is 0.333. The molecule has 1 aliphatic carbocycles. The van der Waals surface area contributed by atoms with Crippen molar-refractivity contribution >= 4 is 37.3 Å². The minimum absolute atomic E-state index is 0.103. The summed E-state index contributed by atoms with van der Waals surface area (Å²) in [5.41, 5.74) is -1.66. The van der Waals surface area contributed by atoms with Crippen molar-refractivity contribution in [2.45, 2.75) is 60.6 Å². The normalized spacial score (nSPS) is 20.2. The number of hydrogen-bond acceptors (Lipinski definition) is 10. The summed E-state index contributed by atoms with van der Waals surface area (Å²) in [5, 5.41) is 39.8. The van der Waals surface area contributed by atoms with Crippen LogP contribution in [0.2, 0.25) is 0 Å². The molecule has 16 nitrogen and oxygen atoms in total. The highest BCUT2D eigenvalue weighted by molar-refractivity contribution is 7.89. The summed E-state index contributed by atoms with van der Waals surface area (Å²) in [6.07, 6.45) is 1.68. The Morgan fingerprint density at radius 3 is 1.87 bits per heavy atom. The lowest BCUT2D eigenvalue weighted by Crippen LogP contribution is -2.57. The molecule has 0 unspecified atom stereocenters. The van der Waals surface area contributed by atoms with Crippen LogP contribution in [0, 0.1) is 25.4 Å². The number of benzene rings is 2. The van der Waals surface area contributed by atoms with Crippen LogP contribution in [0.5, 0.6) is 0 Å². The zero-order valence-corrected chi connectivity index (χ0v) is 25.2. The van der Waals surface area contributed by atoms with Crippen molar-refractivity contribution < 1.29 is 36.2 Å². The maximum absolute atomic E-state index is 14.2. The van der Waals surface area contributed by atoms with Gasteiger partial charge in [-0.15, -0.1) is 0 Å². The molecule has 0 spiro atoms. The van der Waals surface area contributed by atoms with E-state index in [0.717, 1.165) is 28.6 Å². The molecule has 238 valence electrons. The molecular formula is C27H28N6O10S2. The van der Waals surface area contributed by atoms with Crippen LogP contribution in [0.4, 0.5) is 11.4 Å². The monoisotopic (exact) mass is 660 g/mol. The van der Waals surface area contributed by atoms with Gasteiger partial charge in [-0.05, 0) is 31.0 Å². The number of carbonyl (C=O) groups excluding carboxylic acids is 1. The molecule has 2 aromatic carbocycles. The Hall–Kier alpha value is -4.52. The molecule has 18 heteroatoms. The van der Waals surface area contributed by atoms with Crippen molar-refractivity contribution in [1.82, 2.24) is 13.9 Å². The summed E-state index contributed by atoms with van der Waals surface area (Å²) in [6.45, 7) is -2.05. The standard InChI is InChI=1S/C27H28N6O10S2/c34-27-18-29(44(40,41)25-14-5-3-12-23(25)32(36)37)16-19-8-7-9-20(31(19)35)17-30(22-11-2-1-10-21(22)28-27)45(42,43)26-15-6-4-13-24(26)33(38)39/h3-9,12-15,21-22H,1-2,10-11,16-18H2,(H,28,34)/t21-,22-/m1/s1. The maximum Gasteiger partial charge on any atom is 0.289 e. The number of rotatable bonds is 6. The molecule has 2 bridgehead atoms. The Morgan fingerprint density at radius 2 is 1.27 bits per heavy atom. The molecule has 3 aromatic rings. The molecule has 1 fully saturated rings. The third-order valence-corrected chi connectivity index (χ3v) is 11.6. The molecule has 2 atom stereocenters. The number of sulfonamides is 2. The highest BCUT2D eigenvalue weighted by atomic mass is 32.2. The van der Waals surface area contributed by atoms with E-state index in [2.05, 4.69) is 5.32 Å². The number of fused-ring (bicyclic) bond motifs is 3. The zero-order valence-electron chi connectivity index (χ0n) is 23.6. The number of nitro groups is 2. The molecule has 2 heterocycles. The fourth-order valence-corrected chi connectivity index (χ4v) is 9.07. The summed E-state index contributed by atoms with van der Waals surface area (Å²) in [4.78, 5) is 33.9. The Labute approximate surface area is 257 Å². The Morgan fingerprint density at radius 1 is 0.733 bits per heavy atom. The molecule has 2 aliphatic rings. The van der Waals surface area contributed by atoms with Crippen LogP contribution in [0.15, 0.2) is 76.5 Å². The second-order valence-electron chi connectivity index (χ2n) is 10.6. The van der Waals surface area contributed by atoms with Crippen LogP contribution in [0.25, 0.3) is 0 Å². The van der Waals surface area contributed by atoms with Crippen LogP contribution in [0.1, 0.15) is 37.1 Å². The van der Waals surface area contributed by atoms with E-state index in [4.69, 9.17) is 0 Å². The van der Waals surface area contributed by atoms with E-state index in [0.29, 0.717) is 28.3 Å². The predicted molar refractivity (Wildman–Crippen MR) is 156 cm³/mol. The van der Waals surface area contributed by atoms with E-state index >= 15 is 0 Å². The second kappa shape index (κ2) is 12.5. The van der Waals surface area contributed by atoms with E-state index in [1.807, 2.05) is 0 Å². The van der Waals surface area contributed by atoms with Gasteiger partial charge in [0.1, 0.15) is 13.1 Å². The first-order valence-corrected chi connectivity index (χ1v) is 16.7. The van der Waals surface area contributed by atoms with Crippen molar-refractivity contribution in [3.63, 3.8) is 0 Å². The summed E-state index contributed by atoms with van der Waals surface area (Å²) in [7, 11) is -9.34. The quantitative estimate of drug-likeness (QED) is 0.175. The van der Waals surface area contributed by atoms with E-state index < -0.39 is 88.7 Å². The molecule has 1 aliphatic heterocycles. The van der Waals surface area contributed by atoms with Gasteiger partial charge < -0.3 is 10.5 Å². The minimum Gasteiger partial charge on any atom is -0.618 e. The topological polar surface area (TPSA) is 217 Å².